The molecule has 0 amide bonds. The van der Waals surface area contributed by atoms with Crippen LogP contribution in [-0.4, -0.2) is 34.4 Å². The third-order valence-electron chi connectivity index (χ3n) is 11.6. The fourth-order valence-corrected chi connectivity index (χ4v) is 8.99. The van der Waals surface area contributed by atoms with Gasteiger partial charge in [-0.1, -0.05) is 158 Å². The number of rotatable bonds is 6. The molecule has 0 bridgehead atoms. The van der Waals surface area contributed by atoms with Crippen molar-refractivity contribution >= 4 is 50.5 Å². The molecule has 0 saturated heterocycles. The van der Waals surface area contributed by atoms with Crippen molar-refractivity contribution in [3.05, 3.63) is 204 Å². The number of fused-ring (bicyclic) bond motifs is 6. The van der Waals surface area contributed by atoms with Crippen LogP contribution in [0.5, 0.6) is 0 Å². The molecule has 2 aliphatic rings. The summed E-state index contributed by atoms with van der Waals surface area (Å²) in [7, 11) is 2.11. The summed E-state index contributed by atoms with van der Waals surface area (Å²) < 4.78 is 9.36. The summed E-state index contributed by atoms with van der Waals surface area (Å²) in [4.78, 5) is 12.7. The normalized spacial score (nSPS) is 16.5. The second-order valence-corrected chi connectivity index (χ2v) is 14.9. The highest BCUT2D eigenvalue weighted by atomic mass is 16.3. The van der Waals surface area contributed by atoms with E-state index in [1.807, 2.05) is 24.3 Å². The number of hydrogen-bond acceptors (Lipinski definition) is 4. The average Bonchev–Trinajstić information content (AvgIpc) is 3.84. The fourth-order valence-electron chi connectivity index (χ4n) is 8.99. The lowest BCUT2D eigenvalue weighted by Gasteiger charge is -2.36. The van der Waals surface area contributed by atoms with Gasteiger partial charge in [-0.25, -0.2) is 9.98 Å². The first-order valence-electron chi connectivity index (χ1n) is 19.6. The highest BCUT2D eigenvalue weighted by molar-refractivity contribution is 6.16. The molecule has 0 saturated carbocycles. The van der Waals surface area contributed by atoms with Gasteiger partial charge in [0.05, 0.1) is 17.0 Å². The lowest BCUT2D eigenvalue weighted by atomic mass is 9.87. The van der Waals surface area contributed by atoms with Crippen molar-refractivity contribution in [1.29, 1.82) is 0 Å². The topological polar surface area (TPSA) is 46.0 Å². The molecular formula is C52H38N4O. The standard InChI is InChI=1S/C52H38N4O/c1-55-51(36-21-10-4-11-22-36)53-50(35-19-8-3-9-20-35)54-52(55)43-29-15-28-42-47-39(25-16-30-46(47)57-49(42)43)37-31-32-45-44(33-37)41-27-14-26-40(34-17-6-2-7-18-34)48(41)56(45)38-23-12-5-13-24-38/h2-28,30-33,43,52H,29H2,1H3. The number of amidine groups is 2. The van der Waals surface area contributed by atoms with E-state index in [4.69, 9.17) is 14.4 Å². The number of nitrogens with zero attached hydrogens (tertiary/aromatic N) is 4. The number of likely N-dealkylation sites (N-methyl/N-ethyl adjacent to an activating group) is 1. The zero-order valence-corrected chi connectivity index (χ0v) is 31.5. The molecule has 3 heterocycles. The van der Waals surface area contributed by atoms with Crippen molar-refractivity contribution in [2.75, 3.05) is 7.05 Å². The van der Waals surface area contributed by atoms with Crippen molar-refractivity contribution < 1.29 is 4.42 Å². The Balaban J connectivity index is 1.07. The third kappa shape index (κ3) is 5.46. The number of benzene rings is 7. The van der Waals surface area contributed by atoms with Crippen LogP contribution in [0.25, 0.3) is 66.8 Å². The Morgan fingerprint density at radius 3 is 2.02 bits per heavy atom. The Kier molecular flexibility index (Phi) is 7.85. The van der Waals surface area contributed by atoms with Crippen LogP contribution >= 0.6 is 0 Å². The van der Waals surface area contributed by atoms with E-state index in [1.165, 1.54) is 32.9 Å². The first-order chi connectivity index (χ1) is 28.2. The SMILES string of the molecule is CN1C(c2ccccc2)=NC(c2ccccc2)=NC1C1CC=Cc2c1oc1cccc(-c3ccc4c(c3)c3cccc(-c5ccccc5)c3n4-c3ccccc3)c21. The molecule has 0 spiro atoms. The molecule has 57 heavy (non-hydrogen) atoms. The van der Waals surface area contributed by atoms with E-state index in [0.29, 0.717) is 0 Å². The molecule has 2 aromatic heterocycles. The minimum atomic E-state index is -0.222. The van der Waals surface area contributed by atoms with Gasteiger partial charge in [0.15, 0.2) is 5.84 Å². The highest BCUT2D eigenvalue weighted by Gasteiger charge is 2.37. The molecule has 7 aromatic carbocycles. The smallest absolute Gasteiger partial charge is 0.159 e. The predicted octanol–water partition coefficient (Wildman–Crippen LogP) is 12.5. The van der Waals surface area contributed by atoms with Gasteiger partial charge in [0.1, 0.15) is 23.3 Å². The van der Waals surface area contributed by atoms with Gasteiger partial charge in [0.2, 0.25) is 0 Å². The Hall–Kier alpha value is -7.24. The summed E-state index contributed by atoms with van der Waals surface area (Å²) in [5, 5.41) is 3.57. The fraction of sp³-hybridized carbons (Fsp3) is 0.0769. The van der Waals surface area contributed by atoms with E-state index in [-0.39, 0.29) is 12.1 Å². The lowest BCUT2D eigenvalue weighted by Crippen LogP contribution is -2.44. The van der Waals surface area contributed by atoms with Crippen molar-refractivity contribution in [3.63, 3.8) is 0 Å². The quantitative estimate of drug-likeness (QED) is 0.171. The first-order valence-corrected chi connectivity index (χ1v) is 19.6. The minimum absolute atomic E-state index is 0.0223. The Bertz CT molecular complexity index is 3050. The second kappa shape index (κ2) is 13.5. The van der Waals surface area contributed by atoms with Crippen LogP contribution in [0.3, 0.4) is 0 Å². The molecule has 0 radical (unpaired) electrons. The van der Waals surface area contributed by atoms with Gasteiger partial charge in [-0.15, -0.1) is 0 Å². The molecule has 2 unspecified atom stereocenters. The number of allylic oxidation sites excluding steroid dienone is 1. The van der Waals surface area contributed by atoms with Crippen LogP contribution in [0.1, 0.15) is 34.8 Å². The van der Waals surface area contributed by atoms with Gasteiger partial charge in [-0.05, 0) is 53.4 Å². The van der Waals surface area contributed by atoms with E-state index < -0.39 is 0 Å². The summed E-state index contributed by atoms with van der Waals surface area (Å²) in [5.41, 5.74) is 12.3. The van der Waals surface area contributed by atoms with E-state index >= 15 is 0 Å². The lowest BCUT2D eigenvalue weighted by molar-refractivity contribution is 0.291. The molecular weight excluding hydrogens is 697 g/mol. The number of hydrogen-bond donors (Lipinski definition) is 0. The number of para-hydroxylation sites is 2. The first kappa shape index (κ1) is 33.1. The molecule has 5 nitrogen and oxygen atoms in total. The summed E-state index contributed by atoms with van der Waals surface area (Å²) in [6.45, 7) is 0. The highest BCUT2D eigenvalue weighted by Crippen LogP contribution is 2.46. The van der Waals surface area contributed by atoms with Crippen LogP contribution < -0.4 is 0 Å². The summed E-state index contributed by atoms with van der Waals surface area (Å²) in [6.07, 6.45) is 5.13. The van der Waals surface area contributed by atoms with Crippen molar-refractivity contribution in [2.45, 2.75) is 18.5 Å². The van der Waals surface area contributed by atoms with Crippen molar-refractivity contribution in [3.8, 4) is 27.9 Å². The Morgan fingerprint density at radius 1 is 0.596 bits per heavy atom. The maximum atomic E-state index is 6.94. The van der Waals surface area contributed by atoms with Crippen molar-refractivity contribution in [1.82, 2.24) is 9.47 Å². The average molecular weight is 735 g/mol. The summed E-state index contributed by atoms with van der Waals surface area (Å²) >= 11 is 0. The molecule has 0 fully saturated rings. The van der Waals surface area contributed by atoms with Gasteiger partial charge in [0.25, 0.3) is 0 Å². The number of furan rings is 1. The molecule has 5 heteroatoms. The zero-order chi connectivity index (χ0) is 37.9. The van der Waals surface area contributed by atoms with Crippen LogP contribution in [0.2, 0.25) is 0 Å². The van der Waals surface area contributed by atoms with Gasteiger partial charge in [-0.2, -0.15) is 0 Å². The molecule has 0 N–H and O–H groups in total. The molecule has 2 atom stereocenters. The minimum Gasteiger partial charge on any atom is -0.460 e. The summed E-state index contributed by atoms with van der Waals surface area (Å²) in [5.74, 6) is 2.59. The Morgan fingerprint density at radius 2 is 1.26 bits per heavy atom. The number of aliphatic imine (C=N–C) groups is 2. The van der Waals surface area contributed by atoms with E-state index in [9.17, 15) is 0 Å². The monoisotopic (exact) mass is 734 g/mol. The van der Waals surface area contributed by atoms with Gasteiger partial charge < -0.3 is 13.9 Å². The van der Waals surface area contributed by atoms with Crippen LogP contribution in [0.4, 0.5) is 0 Å². The van der Waals surface area contributed by atoms with Crippen LogP contribution in [0, 0.1) is 0 Å². The largest absolute Gasteiger partial charge is 0.460 e. The molecule has 11 rings (SSSR count). The Labute approximate surface area is 331 Å². The molecule has 1 aliphatic heterocycles. The van der Waals surface area contributed by atoms with Gasteiger partial charge in [-0.3, -0.25) is 0 Å². The van der Waals surface area contributed by atoms with E-state index in [0.717, 1.165) is 68.3 Å². The molecule has 1 aliphatic carbocycles. The van der Waals surface area contributed by atoms with Gasteiger partial charge in [0, 0.05) is 51.1 Å². The summed E-state index contributed by atoms with van der Waals surface area (Å²) in [6, 6.07) is 62.2. The predicted molar refractivity (Wildman–Crippen MR) is 235 cm³/mol. The maximum Gasteiger partial charge on any atom is 0.159 e. The molecule has 272 valence electrons. The zero-order valence-electron chi connectivity index (χ0n) is 31.5. The van der Waals surface area contributed by atoms with Gasteiger partial charge >= 0.3 is 0 Å². The van der Waals surface area contributed by atoms with E-state index in [2.05, 4.69) is 180 Å². The third-order valence-corrected chi connectivity index (χ3v) is 11.6. The van der Waals surface area contributed by atoms with Crippen LogP contribution in [0.15, 0.2) is 196 Å². The second-order valence-electron chi connectivity index (χ2n) is 14.9. The van der Waals surface area contributed by atoms with E-state index in [1.54, 1.807) is 0 Å². The van der Waals surface area contributed by atoms with Crippen molar-refractivity contribution in [2.24, 2.45) is 9.98 Å². The van der Waals surface area contributed by atoms with Crippen LogP contribution in [-0.2, 0) is 0 Å². The molecule has 9 aromatic rings. The maximum absolute atomic E-state index is 6.94. The number of aromatic nitrogens is 1.